The molecular formula is C11H15N3O3. The molecule has 1 heterocycles. The molecule has 0 unspecified atom stereocenters. The largest absolute Gasteiger partial charge is 0.383 e. The Labute approximate surface area is 98.4 Å². The van der Waals surface area contributed by atoms with Crippen LogP contribution in [0, 0.1) is 0 Å². The molecule has 0 fully saturated rings. The van der Waals surface area contributed by atoms with Gasteiger partial charge in [0.05, 0.1) is 5.69 Å². The Morgan fingerprint density at radius 1 is 1.12 bits per heavy atom. The summed E-state index contributed by atoms with van der Waals surface area (Å²) in [6.07, 6.45) is 3.70. The molecule has 17 heavy (non-hydrogen) atoms. The van der Waals surface area contributed by atoms with Gasteiger partial charge in [-0.25, -0.2) is 4.79 Å². The highest BCUT2D eigenvalue weighted by Crippen LogP contribution is 2.01. The maximum atomic E-state index is 11.7. The standard InChI is InChI=1S/C11H15N3O3/c1-12(2)6-5-9-8(7-15)10(16)14(4)11(17)13(9)3/h5-7H,1-4H3. The summed E-state index contributed by atoms with van der Waals surface area (Å²) in [4.78, 5) is 36.1. The second-order valence-electron chi connectivity index (χ2n) is 3.90. The van der Waals surface area contributed by atoms with Gasteiger partial charge in [0.25, 0.3) is 5.56 Å². The van der Waals surface area contributed by atoms with Crippen molar-refractivity contribution in [3.8, 4) is 0 Å². The van der Waals surface area contributed by atoms with E-state index in [1.54, 1.807) is 31.3 Å². The quantitative estimate of drug-likeness (QED) is 0.660. The average molecular weight is 237 g/mol. The number of aromatic nitrogens is 2. The fourth-order valence-electron chi connectivity index (χ4n) is 1.42. The van der Waals surface area contributed by atoms with Crippen molar-refractivity contribution in [2.24, 2.45) is 14.1 Å². The highest BCUT2D eigenvalue weighted by atomic mass is 16.2. The van der Waals surface area contributed by atoms with E-state index in [1.807, 2.05) is 0 Å². The molecule has 6 nitrogen and oxygen atoms in total. The normalized spacial score (nSPS) is 10.8. The molecule has 0 atom stereocenters. The molecule has 6 heteroatoms. The van der Waals surface area contributed by atoms with Crippen molar-refractivity contribution in [2.45, 2.75) is 0 Å². The fraction of sp³-hybridized carbons (Fsp3) is 0.364. The molecule has 1 rings (SSSR count). The number of carbonyl (C=O) groups excluding carboxylic acids is 1. The first-order chi connectivity index (χ1) is 7.90. The van der Waals surface area contributed by atoms with Crippen molar-refractivity contribution in [3.05, 3.63) is 38.3 Å². The average Bonchev–Trinajstić information content (AvgIpc) is 2.29. The lowest BCUT2D eigenvalue weighted by atomic mass is 10.2. The minimum atomic E-state index is -0.582. The van der Waals surface area contributed by atoms with Gasteiger partial charge in [-0.1, -0.05) is 0 Å². The minimum absolute atomic E-state index is 0.0206. The Balaban J connectivity index is 3.65. The zero-order chi connectivity index (χ0) is 13.2. The lowest BCUT2D eigenvalue weighted by Gasteiger charge is -2.10. The van der Waals surface area contributed by atoms with Gasteiger partial charge in [0.1, 0.15) is 5.56 Å². The van der Waals surface area contributed by atoms with Crippen LogP contribution in [-0.2, 0) is 14.1 Å². The van der Waals surface area contributed by atoms with Crippen molar-refractivity contribution in [2.75, 3.05) is 14.1 Å². The van der Waals surface area contributed by atoms with E-state index in [1.165, 1.54) is 18.7 Å². The smallest absolute Gasteiger partial charge is 0.330 e. The Kier molecular flexibility index (Phi) is 3.67. The summed E-state index contributed by atoms with van der Waals surface area (Å²) < 4.78 is 2.18. The number of aldehydes is 1. The van der Waals surface area contributed by atoms with E-state index in [0.29, 0.717) is 12.0 Å². The molecule has 0 saturated carbocycles. The van der Waals surface area contributed by atoms with E-state index >= 15 is 0 Å². The van der Waals surface area contributed by atoms with Crippen molar-refractivity contribution < 1.29 is 4.79 Å². The Bertz CT molecular complexity index is 579. The summed E-state index contributed by atoms with van der Waals surface area (Å²) >= 11 is 0. The molecular weight excluding hydrogens is 222 g/mol. The fourth-order valence-corrected chi connectivity index (χ4v) is 1.42. The lowest BCUT2D eigenvalue weighted by molar-refractivity contribution is 0.112. The minimum Gasteiger partial charge on any atom is -0.383 e. The molecule has 0 aliphatic heterocycles. The molecule has 0 aliphatic rings. The second-order valence-corrected chi connectivity index (χ2v) is 3.90. The summed E-state index contributed by atoms with van der Waals surface area (Å²) in [7, 11) is 6.47. The van der Waals surface area contributed by atoms with E-state index in [4.69, 9.17) is 0 Å². The Hall–Kier alpha value is -2.11. The summed E-state index contributed by atoms with van der Waals surface area (Å²) in [5.74, 6) is 0. The molecule has 0 amide bonds. The first kappa shape index (κ1) is 13.0. The summed E-state index contributed by atoms with van der Waals surface area (Å²) in [5, 5.41) is 0. The molecule has 0 N–H and O–H groups in total. The highest BCUT2D eigenvalue weighted by molar-refractivity contribution is 5.79. The van der Waals surface area contributed by atoms with Crippen molar-refractivity contribution in [3.63, 3.8) is 0 Å². The summed E-state index contributed by atoms with van der Waals surface area (Å²) in [5.41, 5.74) is -0.755. The third kappa shape index (κ3) is 2.35. The first-order valence-electron chi connectivity index (χ1n) is 5.00. The SMILES string of the molecule is CN(C)C=Cc1c(C=O)c(=O)n(C)c(=O)n1C. The lowest BCUT2D eigenvalue weighted by Crippen LogP contribution is -2.40. The van der Waals surface area contributed by atoms with Gasteiger partial charge >= 0.3 is 5.69 Å². The van der Waals surface area contributed by atoms with Crippen LogP contribution < -0.4 is 11.2 Å². The third-order valence-corrected chi connectivity index (χ3v) is 2.39. The maximum absolute atomic E-state index is 11.7. The molecule has 0 aliphatic carbocycles. The van der Waals surface area contributed by atoms with Gasteiger partial charge < -0.3 is 4.90 Å². The van der Waals surface area contributed by atoms with Crippen LogP contribution >= 0.6 is 0 Å². The number of carbonyl (C=O) groups is 1. The highest BCUT2D eigenvalue weighted by Gasteiger charge is 2.12. The van der Waals surface area contributed by atoms with Crippen molar-refractivity contribution in [1.82, 2.24) is 14.0 Å². The molecule has 0 radical (unpaired) electrons. The monoisotopic (exact) mass is 237 g/mol. The van der Waals surface area contributed by atoms with Gasteiger partial charge in [0, 0.05) is 34.4 Å². The van der Waals surface area contributed by atoms with Crippen LogP contribution in [-0.4, -0.2) is 34.4 Å². The van der Waals surface area contributed by atoms with Gasteiger partial charge in [-0.3, -0.25) is 18.7 Å². The Morgan fingerprint density at radius 2 is 1.71 bits per heavy atom. The van der Waals surface area contributed by atoms with Gasteiger partial charge in [0.15, 0.2) is 6.29 Å². The summed E-state index contributed by atoms with van der Waals surface area (Å²) in [6.45, 7) is 0. The van der Waals surface area contributed by atoms with Crippen LogP contribution in [0.1, 0.15) is 16.1 Å². The van der Waals surface area contributed by atoms with Crippen LogP contribution in [0.25, 0.3) is 6.08 Å². The zero-order valence-corrected chi connectivity index (χ0v) is 10.3. The number of nitrogens with zero attached hydrogens (tertiary/aromatic N) is 3. The Morgan fingerprint density at radius 3 is 2.18 bits per heavy atom. The van der Waals surface area contributed by atoms with E-state index in [0.717, 1.165) is 4.57 Å². The predicted octanol–water partition coefficient (Wildman–Crippen LogP) is -0.571. The zero-order valence-electron chi connectivity index (χ0n) is 10.3. The topological polar surface area (TPSA) is 64.3 Å². The molecule has 1 aromatic rings. The van der Waals surface area contributed by atoms with Crippen LogP contribution in [0.2, 0.25) is 0 Å². The maximum Gasteiger partial charge on any atom is 0.330 e. The van der Waals surface area contributed by atoms with Gasteiger partial charge in [-0.05, 0) is 6.08 Å². The third-order valence-electron chi connectivity index (χ3n) is 2.39. The van der Waals surface area contributed by atoms with E-state index in [9.17, 15) is 14.4 Å². The molecule has 0 spiro atoms. The molecule has 0 bridgehead atoms. The van der Waals surface area contributed by atoms with Gasteiger partial charge in [-0.2, -0.15) is 0 Å². The van der Waals surface area contributed by atoms with Crippen molar-refractivity contribution >= 4 is 12.4 Å². The van der Waals surface area contributed by atoms with E-state index in [-0.39, 0.29) is 5.56 Å². The molecule has 92 valence electrons. The predicted molar refractivity (Wildman–Crippen MR) is 65.0 cm³/mol. The van der Waals surface area contributed by atoms with E-state index in [2.05, 4.69) is 0 Å². The van der Waals surface area contributed by atoms with Crippen LogP contribution in [0.3, 0.4) is 0 Å². The molecule has 0 saturated heterocycles. The van der Waals surface area contributed by atoms with E-state index < -0.39 is 11.2 Å². The first-order valence-corrected chi connectivity index (χ1v) is 5.00. The van der Waals surface area contributed by atoms with Crippen LogP contribution in [0.15, 0.2) is 15.8 Å². The van der Waals surface area contributed by atoms with Crippen LogP contribution in [0.4, 0.5) is 0 Å². The second kappa shape index (κ2) is 4.82. The van der Waals surface area contributed by atoms with Crippen molar-refractivity contribution in [1.29, 1.82) is 0 Å². The number of rotatable bonds is 3. The van der Waals surface area contributed by atoms with Gasteiger partial charge in [0.2, 0.25) is 0 Å². The number of hydrogen-bond donors (Lipinski definition) is 0. The number of hydrogen-bond acceptors (Lipinski definition) is 4. The molecule has 1 aromatic heterocycles. The van der Waals surface area contributed by atoms with Gasteiger partial charge in [-0.15, -0.1) is 0 Å². The summed E-state index contributed by atoms with van der Waals surface area (Å²) in [6, 6.07) is 0. The van der Waals surface area contributed by atoms with Crippen LogP contribution in [0.5, 0.6) is 0 Å². The molecule has 0 aromatic carbocycles.